The van der Waals surface area contributed by atoms with Crippen LogP contribution in [0, 0.1) is 0 Å². The third-order valence-corrected chi connectivity index (χ3v) is 2.51. The van der Waals surface area contributed by atoms with Gasteiger partial charge in [-0.3, -0.25) is 9.59 Å². The van der Waals surface area contributed by atoms with Gasteiger partial charge >= 0.3 is 12.1 Å². The van der Waals surface area contributed by atoms with Gasteiger partial charge in [0, 0.05) is 13.8 Å². The first kappa shape index (κ1) is 10.4. The molecule has 16 heavy (non-hydrogen) atoms. The molecule has 0 saturated carbocycles. The van der Waals surface area contributed by atoms with E-state index in [-0.39, 0.29) is 0 Å². The Morgan fingerprint density at radius 1 is 0.938 bits per heavy atom. The Labute approximate surface area is 90.5 Å². The molecule has 8 heteroatoms. The molecule has 0 spiro atoms. The second kappa shape index (κ2) is 3.19. The van der Waals surface area contributed by atoms with Crippen LogP contribution in [0.2, 0.25) is 0 Å². The molecule has 2 heterocycles. The van der Waals surface area contributed by atoms with Gasteiger partial charge in [-0.1, -0.05) is 0 Å². The first-order valence-electron chi connectivity index (χ1n) is 4.64. The third kappa shape index (κ3) is 1.23. The molecule has 0 aromatic carbocycles. The molecule has 6 amide bonds. The van der Waals surface area contributed by atoms with Crippen LogP contribution in [0.4, 0.5) is 9.59 Å². The molecule has 2 N–H and O–H groups in total. The van der Waals surface area contributed by atoms with Crippen LogP contribution in [0.1, 0.15) is 13.8 Å². The van der Waals surface area contributed by atoms with E-state index in [1.165, 1.54) is 13.8 Å². The molecule has 0 aromatic rings. The van der Waals surface area contributed by atoms with Crippen LogP contribution < -0.4 is 10.6 Å². The topological polar surface area (TPSA) is 98.8 Å². The zero-order valence-electron chi connectivity index (χ0n) is 8.68. The number of hydrogen-bond donors (Lipinski definition) is 2. The van der Waals surface area contributed by atoms with E-state index in [0.29, 0.717) is 0 Å². The lowest BCUT2D eigenvalue weighted by Gasteiger charge is -2.17. The van der Waals surface area contributed by atoms with Gasteiger partial charge in [0.1, 0.15) is 0 Å². The summed E-state index contributed by atoms with van der Waals surface area (Å²) in [4.78, 5) is 47.0. The van der Waals surface area contributed by atoms with Crippen molar-refractivity contribution in [3.8, 4) is 0 Å². The maximum Gasteiger partial charge on any atom is 0.327 e. The number of fused-ring (bicyclic) bond motifs is 1. The lowest BCUT2D eigenvalue weighted by Crippen LogP contribution is -2.45. The van der Waals surface area contributed by atoms with Crippen molar-refractivity contribution >= 4 is 23.9 Å². The number of amides is 6. The number of hydrogen-bond acceptors (Lipinski definition) is 4. The summed E-state index contributed by atoms with van der Waals surface area (Å²) in [5, 5.41) is 4.79. The van der Waals surface area contributed by atoms with Gasteiger partial charge in [0.25, 0.3) is 0 Å². The van der Waals surface area contributed by atoms with E-state index in [4.69, 9.17) is 0 Å². The molecule has 2 aliphatic heterocycles. The summed E-state index contributed by atoms with van der Waals surface area (Å²) in [6, 6.07) is -1.23. The first-order chi connectivity index (χ1) is 7.43. The van der Waals surface area contributed by atoms with Gasteiger partial charge in [0.15, 0.2) is 12.3 Å². The van der Waals surface area contributed by atoms with Gasteiger partial charge in [-0.25, -0.2) is 19.4 Å². The molecular weight excluding hydrogens is 216 g/mol. The third-order valence-electron chi connectivity index (χ3n) is 2.51. The lowest BCUT2D eigenvalue weighted by atomic mass is 10.3. The number of urea groups is 2. The summed E-state index contributed by atoms with van der Waals surface area (Å²) in [5.74, 6) is -0.980. The second-order valence-electron chi connectivity index (χ2n) is 3.57. The maximum atomic E-state index is 11.4. The van der Waals surface area contributed by atoms with Gasteiger partial charge in [-0.2, -0.15) is 0 Å². The first-order valence-corrected chi connectivity index (χ1v) is 4.64. The van der Waals surface area contributed by atoms with E-state index >= 15 is 0 Å². The number of carbonyl (C=O) groups excluding carboxylic acids is 4. The Hall–Kier alpha value is -2.12. The Kier molecular flexibility index (Phi) is 2.07. The normalized spacial score (nSPS) is 27.6. The fourth-order valence-corrected chi connectivity index (χ4v) is 1.89. The van der Waals surface area contributed by atoms with Crippen LogP contribution >= 0.6 is 0 Å². The van der Waals surface area contributed by atoms with E-state index in [1.807, 2.05) is 0 Å². The average molecular weight is 226 g/mol. The van der Waals surface area contributed by atoms with Crippen molar-refractivity contribution in [2.24, 2.45) is 0 Å². The number of nitrogens with one attached hydrogen (secondary N) is 2. The number of rotatable bonds is 0. The van der Waals surface area contributed by atoms with E-state index < -0.39 is 36.2 Å². The van der Waals surface area contributed by atoms with Crippen molar-refractivity contribution in [1.82, 2.24) is 20.4 Å². The zero-order chi connectivity index (χ0) is 12.0. The van der Waals surface area contributed by atoms with Gasteiger partial charge < -0.3 is 10.6 Å². The Morgan fingerprint density at radius 3 is 1.50 bits per heavy atom. The van der Waals surface area contributed by atoms with Gasteiger partial charge in [-0.05, 0) is 0 Å². The molecular formula is C8H10N4O4. The molecule has 86 valence electrons. The minimum absolute atomic E-state index is 0.490. The summed E-state index contributed by atoms with van der Waals surface area (Å²) < 4.78 is 0. The summed E-state index contributed by atoms with van der Waals surface area (Å²) in [6.45, 7) is 2.43. The highest BCUT2D eigenvalue weighted by molar-refractivity contribution is 6.01. The molecule has 0 aromatic heterocycles. The van der Waals surface area contributed by atoms with Crippen LogP contribution in [-0.2, 0) is 9.59 Å². The van der Waals surface area contributed by atoms with E-state index in [9.17, 15) is 19.2 Å². The Balaban J connectivity index is 2.32. The van der Waals surface area contributed by atoms with Crippen molar-refractivity contribution in [1.29, 1.82) is 0 Å². The van der Waals surface area contributed by atoms with Crippen LogP contribution in [-0.4, -0.2) is 46.0 Å². The Bertz CT molecular complexity index is 369. The van der Waals surface area contributed by atoms with E-state index in [0.717, 1.165) is 9.80 Å². The predicted octanol–water partition coefficient (Wildman–Crippen LogP) is -1.22. The molecule has 0 bridgehead atoms. The molecule has 2 unspecified atom stereocenters. The van der Waals surface area contributed by atoms with Crippen molar-refractivity contribution in [3.63, 3.8) is 0 Å². The van der Waals surface area contributed by atoms with Crippen molar-refractivity contribution in [3.05, 3.63) is 0 Å². The van der Waals surface area contributed by atoms with Crippen LogP contribution in [0.15, 0.2) is 0 Å². The van der Waals surface area contributed by atoms with Gasteiger partial charge in [0.2, 0.25) is 11.8 Å². The highest BCUT2D eigenvalue weighted by atomic mass is 16.2. The van der Waals surface area contributed by atoms with E-state index in [2.05, 4.69) is 10.6 Å². The van der Waals surface area contributed by atoms with E-state index in [1.54, 1.807) is 0 Å². The zero-order valence-corrected chi connectivity index (χ0v) is 8.68. The predicted molar refractivity (Wildman–Crippen MR) is 49.7 cm³/mol. The average Bonchev–Trinajstić information content (AvgIpc) is 2.55. The Morgan fingerprint density at radius 2 is 1.25 bits per heavy atom. The smallest absolute Gasteiger partial charge is 0.313 e. The van der Waals surface area contributed by atoms with Crippen LogP contribution in [0.3, 0.4) is 0 Å². The molecule has 2 aliphatic rings. The largest absolute Gasteiger partial charge is 0.327 e. The molecule has 2 saturated heterocycles. The summed E-state index contributed by atoms with van der Waals surface area (Å²) in [5.41, 5.74) is 0. The molecule has 2 rings (SSSR count). The van der Waals surface area contributed by atoms with Gasteiger partial charge in [-0.15, -0.1) is 0 Å². The molecule has 0 aliphatic carbocycles. The lowest BCUT2D eigenvalue weighted by molar-refractivity contribution is -0.130. The summed E-state index contributed by atoms with van der Waals surface area (Å²) in [7, 11) is 0. The summed E-state index contributed by atoms with van der Waals surface area (Å²) in [6.07, 6.45) is -1.64. The quantitative estimate of drug-likeness (QED) is 0.541. The fourth-order valence-electron chi connectivity index (χ4n) is 1.89. The monoisotopic (exact) mass is 226 g/mol. The standard InChI is InChI=1S/C8H10N4O4/c1-3(13)11-5-6(10-7(11)15)12(4(2)14)8(16)9-5/h5-6H,1-2H3,(H,9,16)(H,10,15). The highest BCUT2D eigenvalue weighted by Crippen LogP contribution is 2.21. The molecule has 2 atom stereocenters. The fraction of sp³-hybridized carbons (Fsp3) is 0.500. The molecule has 0 radical (unpaired) electrons. The minimum atomic E-state index is -0.818. The van der Waals surface area contributed by atoms with Crippen LogP contribution in [0.5, 0.6) is 0 Å². The van der Waals surface area contributed by atoms with Crippen molar-refractivity contribution < 1.29 is 19.2 Å². The van der Waals surface area contributed by atoms with Crippen molar-refractivity contribution in [2.75, 3.05) is 0 Å². The highest BCUT2D eigenvalue weighted by Gasteiger charge is 2.53. The minimum Gasteiger partial charge on any atom is -0.313 e. The number of carbonyl (C=O) groups is 4. The van der Waals surface area contributed by atoms with Crippen LogP contribution in [0.25, 0.3) is 0 Å². The SMILES string of the molecule is CC(=O)N1C(=O)NC2C1NC(=O)N2C(C)=O. The maximum absolute atomic E-state index is 11.4. The van der Waals surface area contributed by atoms with Gasteiger partial charge in [0.05, 0.1) is 0 Å². The summed E-state index contributed by atoms with van der Waals surface area (Å²) >= 11 is 0. The number of nitrogens with zero attached hydrogens (tertiary/aromatic N) is 2. The molecule has 2 fully saturated rings. The van der Waals surface area contributed by atoms with Crippen molar-refractivity contribution in [2.45, 2.75) is 26.2 Å². The number of imide groups is 2. The molecule has 8 nitrogen and oxygen atoms in total. The second-order valence-corrected chi connectivity index (χ2v) is 3.57.